The van der Waals surface area contributed by atoms with Gasteiger partial charge in [0.1, 0.15) is 17.3 Å². The van der Waals surface area contributed by atoms with E-state index in [0.717, 1.165) is 63.8 Å². The molecule has 5 aromatic carbocycles. The summed E-state index contributed by atoms with van der Waals surface area (Å²) in [5, 5.41) is 7.63. The number of nitrogens with zero attached hydrogens (tertiary/aromatic N) is 4. The normalized spacial score (nSPS) is 11.6. The largest absolute Gasteiger partial charge is 0.457 e. The molecular weight excluding hydrogens is 649 g/mol. The Hall–Kier alpha value is -5.94. The molecular formula is C48H46N4O. The smallest absolute Gasteiger partial charge is 0.137 e. The van der Waals surface area contributed by atoms with Crippen LogP contribution in [0.3, 0.4) is 0 Å². The number of rotatable bonds is 9. The summed E-state index contributed by atoms with van der Waals surface area (Å²) >= 11 is 0. The first-order valence-electron chi connectivity index (χ1n) is 18.7. The molecule has 3 aromatic heterocycles. The summed E-state index contributed by atoms with van der Waals surface area (Å²) < 4.78 is 11.2. The molecule has 3 heterocycles. The van der Waals surface area contributed by atoms with Crippen molar-refractivity contribution in [1.29, 1.82) is 0 Å². The van der Waals surface area contributed by atoms with Gasteiger partial charge in [0.2, 0.25) is 0 Å². The second kappa shape index (κ2) is 13.9. The summed E-state index contributed by atoms with van der Waals surface area (Å²) in [6.45, 7) is 15.4. The maximum atomic E-state index is 6.83. The van der Waals surface area contributed by atoms with Crippen LogP contribution in [0.4, 0.5) is 0 Å². The number of hydrogen-bond acceptors (Lipinski definition) is 3. The van der Waals surface area contributed by atoms with E-state index >= 15 is 0 Å². The van der Waals surface area contributed by atoms with E-state index in [1.165, 1.54) is 49.7 Å². The molecule has 8 aromatic rings. The minimum atomic E-state index is 0.279. The van der Waals surface area contributed by atoms with Gasteiger partial charge in [-0.1, -0.05) is 93.4 Å². The maximum Gasteiger partial charge on any atom is 0.137 e. The highest BCUT2D eigenvalue weighted by Gasteiger charge is 2.23. The van der Waals surface area contributed by atoms with Crippen LogP contribution in [0.1, 0.15) is 66.6 Å². The minimum absolute atomic E-state index is 0.279. The molecule has 0 unspecified atom stereocenters. The molecule has 0 aliphatic rings. The molecule has 0 radical (unpaired) electrons. The van der Waals surface area contributed by atoms with Crippen LogP contribution in [0.15, 0.2) is 121 Å². The molecule has 0 N–H and O–H groups in total. The van der Waals surface area contributed by atoms with E-state index in [9.17, 15) is 0 Å². The quantitative estimate of drug-likeness (QED) is 0.151. The van der Waals surface area contributed by atoms with Gasteiger partial charge in [-0.15, -0.1) is 0 Å². The van der Waals surface area contributed by atoms with Gasteiger partial charge in [-0.05, 0) is 110 Å². The summed E-state index contributed by atoms with van der Waals surface area (Å²) in [6, 6.07) is 41.0. The molecule has 0 aliphatic heterocycles. The first kappa shape index (κ1) is 34.2. The minimum Gasteiger partial charge on any atom is -0.457 e. The summed E-state index contributed by atoms with van der Waals surface area (Å²) in [7, 11) is 0. The molecule has 0 spiro atoms. The number of fused-ring (bicyclic) bond motifs is 3. The van der Waals surface area contributed by atoms with Crippen LogP contribution in [0.5, 0.6) is 11.5 Å². The molecule has 0 amide bonds. The van der Waals surface area contributed by atoms with Crippen LogP contribution in [-0.4, -0.2) is 19.3 Å². The molecule has 0 saturated carbocycles. The fourth-order valence-electron chi connectivity index (χ4n) is 7.99. The third-order valence-electron chi connectivity index (χ3n) is 10.3. The molecule has 5 heteroatoms. The molecule has 0 saturated heterocycles. The van der Waals surface area contributed by atoms with Crippen LogP contribution >= 0.6 is 0 Å². The molecule has 5 nitrogen and oxygen atoms in total. The highest BCUT2D eigenvalue weighted by Crippen LogP contribution is 2.42. The van der Waals surface area contributed by atoms with Crippen molar-refractivity contribution in [2.75, 3.05) is 0 Å². The SMILES string of the molecule is CCCc1ccnc(-n2c3ccccc3c3ccc(Oc4cc(C(C)C)cc(-n5nc(C)c(-c6c(C)cc(C)cc6C)c5-c5ccccc5)c4)cc32)c1. The number of ether oxygens (including phenoxy) is 1. The number of benzene rings is 5. The highest BCUT2D eigenvalue weighted by atomic mass is 16.5. The lowest BCUT2D eigenvalue weighted by molar-refractivity contribution is 0.481. The Morgan fingerprint density at radius 1 is 0.679 bits per heavy atom. The Morgan fingerprint density at radius 3 is 2.17 bits per heavy atom. The van der Waals surface area contributed by atoms with Gasteiger partial charge < -0.3 is 4.74 Å². The zero-order chi connectivity index (χ0) is 36.8. The number of aromatic nitrogens is 4. The van der Waals surface area contributed by atoms with Crippen LogP contribution in [-0.2, 0) is 6.42 Å². The van der Waals surface area contributed by atoms with Crippen molar-refractivity contribution in [2.45, 2.75) is 67.2 Å². The Bertz CT molecular complexity index is 2600. The lowest BCUT2D eigenvalue weighted by atomic mass is 9.90. The first-order chi connectivity index (χ1) is 25.7. The van der Waals surface area contributed by atoms with Gasteiger partial charge in [0.05, 0.1) is 28.1 Å². The third kappa shape index (κ3) is 6.31. The second-order valence-electron chi connectivity index (χ2n) is 14.7. The fourth-order valence-corrected chi connectivity index (χ4v) is 7.99. The molecule has 0 aliphatic carbocycles. The summed E-state index contributed by atoms with van der Waals surface area (Å²) in [5.41, 5.74) is 15.0. The molecule has 53 heavy (non-hydrogen) atoms. The lowest BCUT2D eigenvalue weighted by Crippen LogP contribution is -2.03. The van der Waals surface area contributed by atoms with E-state index in [1.54, 1.807) is 0 Å². The topological polar surface area (TPSA) is 44.9 Å². The third-order valence-corrected chi connectivity index (χ3v) is 10.3. The number of para-hydroxylation sites is 1. The Kier molecular flexibility index (Phi) is 8.95. The molecule has 8 rings (SSSR count). The van der Waals surface area contributed by atoms with Crippen molar-refractivity contribution >= 4 is 21.8 Å². The Balaban J connectivity index is 1.28. The fraction of sp³-hybridized carbons (Fsp3) is 0.208. The van der Waals surface area contributed by atoms with E-state index in [0.29, 0.717) is 0 Å². The van der Waals surface area contributed by atoms with Crippen molar-refractivity contribution in [3.05, 3.63) is 155 Å². The van der Waals surface area contributed by atoms with Crippen LogP contribution < -0.4 is 4.74 Å². The lowest BCUT2D eigenvalue weighted by Gasteiger charge is -2.17. The van der Waals surface area contributed by atoms with E-state index < -0.39 is 0 Å². The summed E-state index contributed by atoms with van der Waals surface area (Å²) in [5.74, 6) is 2.74. The van der Waals surface area contributed by atoms with E-state index in [-0.39, 0.29) is 5.92 Å². The average molecular weight is 695 g/mol. The van der Waals surface area contributed by atoms with E-state index in [4.69, 9.17) is 14.8 Å². The summed E-state index contributed by atoms with van der Waals surface area (Å²) in [4.78, 5) is 4.85. The van der Waals surface area contributed by atoms with E-state index in [2.05, 4.69) is 173 Å². The van der Waals surface area contributed by atoms with Crippen molar-refractivity contribution in [3.63, 3.8) is 0 Å². The standard InChI is InChI=1S/C48H46N4O/c1-8-14-35-21-22-49-45(25-35)51-43-18-13-12-17-41(43)42-20-19-39(29-44(42)51)53-40-27-37(30(2)3)26-38(28-40)52-48(36-15-10-9-11-16-36)47(34(7)50-52)46-32(5)23-31(4)24-33(46)6/h9-13,15-30H,8,14H2,1-7H3. The van der Waals surface area contributed by atoms with Gasteiger partial charge in [0, 0.05) is 40.2 Å². The molecule has 0 atom stereocenters. The first-order valence-corrected chi connectivity index (χ1v) is 18.7. The van der Waals surface area contributed by atoms with E-state index in [1.807, 2.05) is 6.20 Å². The van der Waals surface area contributed by atoms with Crippen molar-refractivity contribution in [3.8, 4) is 45.4 Å². The Labute approximate surface area is 312 Å². The van der Waals surface area contributed by atoms with Crippen LogP contribution in [0.25, 0.3) is 55.7 Å². The monoisotopic (exact) mass is 694 g/mol. The van der Waals surface area contributed by atoms with Crippen molar-refractivity contribution in [2.24, 2.45) is 0 Å². The number of aryl methyl sites for hydroxylation is 5. The predicted molar refractivity (Wildman–Crippen MR) is 220 cm³/mol. The highest BCUT2D eigenvalue weighted by molar-refractivity contribution is 6.09. The van der Waals surface area contributed by atoms with Gasteiger partial charge in [0.25, 0.3) is 0 Å². The maximum absolute atomic E-state index is 6.83. The van der Waals surface area contributed by atoms with Gasteiger partial charge >= 0.3 is 0 Å². The zero-order valence-electron chi connectivity index (χ0n) is 31.7. The summed E-state index contributed by atoms with van der Waals surface area (Å²) in [6.07, 6.45) is 4.03. The van der Waals surface area contributed by atoms with Gasteiger partial charge in [0.15, 0.2) is 0 Å². The Morgan fingerprint density at radius 2 is 1.42 bits per heavy atom. The average Bonchev–Trinajstić information content (AvgIpc) is 3.66. The van der Waals surface area contributed by atoms with Crippen LogP contribution in [0, 0.1) is 27.7 Å². The van der Waals surface area contributed by atoms with Crippen LogP contribution in [0.2, 0.25) is 0 Å². The number of hydrogen-bond donors (Lipinski definition) is 0. The van der Waals surface area contributed by atoms with Gasteiger partial charge in [-0.2, -0.15) is 5.10 Å². The predicted octanol–water partition coefficient (Wildman–Crippen LogP) is 12.8. The molecule has 0 fully saturated rings. The molecule has 0 bridgehead atoms. The van der Waals surface area contributed by atoms with Gasteiger partial charge in [-0.3, -0.25) is 4.57 Å². The van der Waals surface area contributed by atoms with Crippen molar-refractivity contribution < 1.29 is 4.74 Å². The van der Waals surface area contributed by atoms with Gasteiger partial charge in [-0.25, -0.2) is 9.67 Å². The van der Waals surface area contributed by atoms with Crippen molar-refractivity contribution in [1.82, 2.24) is 19.3 Å². The second-order valence-corrected chi connectivity index (χ2v) is 14.7. The number of pyridine rings is 1. The molecule has 264 valence electrons. The zero-order valence-corrected chi connectivity index (χ0v) is 31.7.